The summed E-state index contributed by atoms with van der Waals surface area (Å²) in [6.45, 7) is 2.16. The second kappa shape index (κ2) is 4.66. The molecule has 1 unspecified atom stereocenters. The normalized spacial score (nSPS) is 18.4. The summed E-state index contributed by atoms with van der Waals surface area (Å²) in [5.41, 5.74) is 2.77. The molecule has 1 atom stereocenters. The van der Waals surface area contributed by atoms with Crippen LogP contribution in [0.25, 0.3) is 0 Å². The van der Waals surface area contributed by atoms with Crippen LogP contribution >= 0.6 is 0 Å². The molecule has 0 spiro atoms. The summed E-state index contributed by atoms with van der Waals surface area (Å²) >= 11 is 0. The van der Waals surface area contributed by atoms with Gasteiger partial charge in [-0.15, -0.1) is 0 Å². The molecule has 3 nitrogen and oxygen atoms in total. The van der Waals surface area contributed by atoms with E-state index in [0.717, 1.165) is 30.4 Å². The molecule has 0 saturated carbocycles. The highest BCUT2D eigenvalue weighted by molar-refractivity contribution is 5.94. The van der Waals surface area contributed by atoms with Gasteiger partial charge in [0, 0.05) is 12.2 Å². The predicted molar refractivity (Wildman–Crippen MR) is 60.3 cm³/mol. The Hall–Kier alpha value is -1.35. The van der Waals surface area contributed by atoms with Crippen molar-refractivity contribution in [2.45, 2.75) is 32.3 Å². The number of carbonyl (C=O) groups is 1. The van der Waals surface area contributed by atoms with Gasteiger partial charge in [-0.1, -0.05) is 17.7 Å². The molecular weight excluding hydrogens is 204 g/mol. The predicted octanol–water partition coefficient (Wildman–Crippen LogP) is 2.37. The quantitative estimate of drug-likeness (QED) is 0.626. The van der Waals surface area contributed by atoms with E-state index in [1.165, 1.54) is 0 Å². The highest BCUT2D eigenvalue weighted by Gasteiger charge is 2.30. The summed E-state index contributed by atoms with van der Waals surface area (Å²) in [7, 11) is 0. The van der Waals surface area contributed by atoms with Crippen molar-refractivity contribution >= 4 is 5.97 Å². The fraction of sp³-hybridized carbons (Fsp3) is 0.462. The Labute approximate surface area is 95.0 Å². The van der Waals surface area contributed by atoms with Crippen molar-refractivity contribution in [2.75, 3.05) is 6.61 Å². The molecule has 0 aromatic heterocycles. The van der Waals surface area contributed by atoms with E-state index < -0.39 is 0 Å². The smallest absolute Gasteiger partial charge is 0.339 e. The summed E-state index contributed by atoms with van der Waals surface area (Å²) in [4.78, 5) is 11.6. The summed E-state index contributed by atoms with van der Waals surface area (Å²) < 4.78 is 5.31. The first-order valence-corrected chi connectivity index (χ1v) is 5.65. The Kier molecular flexibility index (Phi) is 3.25. The summed E-state index contributed by atoms with van der Waals surface area (Å²) in [6.07, 6.45) is 2.31. The number of unbranched alkanes of at least 4 members (excludes halogenated alkanes) is 1. The van der Waals surface area contributed by atoms with Crippen LogP contribution in [0.5, 0.6) is 0 Å². The van der Waals surface area contributed by atoms with E-state index >= 15 is 0 Å². The van der Waals surface area contributed by atoms with Crippen molar-refractivity contribution < 1.29 is 14.6 Å². The molecule has 1 aliphatic heterocycles. The number of carbonyl (C=O) groups excluding carboxylic acids is 1. The minimum atomic E-state index is -0.215. The number of ether oxygens (including phenoxy) is 1. The largest absolute Gasteiger partial charge is 0.454 e. The summed E-state index contributed by atoms with van der Waals surface area (Å²) in [6, 6.07) is 5.85. The SMILES string of the molecule is Cc1ccc2c(c1)C(=O)OC2CCCCO. The van der Waals surface area contributed by atoms with Gasteiger partial charge in [0.25, 0.3) is 0 Å². The minimum Gasteiger partial charge on any atom is -0.454 e. The lowest BCUT2D eigenvalue weighted by molar-refractivity contribution is 0.0361. The Bertz CT molecular complexity index is 398. The van der Waals surface area contributed by atoms with Gasteiger partial charge in [0.05, 0.1) is 5.56 Å². The van der Waals surface area contributed by atoms with Gasteiger partial charge in [0.1, 0.15) is 6.10 Å². The van der Waals surface area contributed by atoms with Gasteiger partial charge in [-0.25, -0.2) is 4.79 Å². The first kappa shape index (κ1) is 11.1. The lowest BCUT2D eigenvalue weighted by Gasteiger charge is -2.09. The Morgan fingerprint density at radius 3 is 2.94 bits per heavy atom. The van der Waals surface area contributed by atoms with Gasteiger partial charge in [-0.05, 0) is 32.3 Å². The highest BCUT2D eigenvalue weighted by atomic mass is 16.5. The van der Waals surface area contributed by atoms with Crippen molar-refractivity contribution in [3.63, 3.8) is 0 Å². The monoisotopic (exact) mass is 220 g/mol. The van der Waals surface area contributed by atoms with E-state index in [1.54, 1.807) is 0 Å². The van der Waals surface area contributed by atoms with E-state index in [0.29, 0.717) is 5.56 Å². The van der Waals surface area contributed by atoms with Crippen LogP contribution in [-0.2, 0) is 4.74 Å². The van der Waals surface area contributed by atoms with E-state index in [9.17, 15) is 4.79 Å². The van der Waals surface area contributed by atoms with Gasteiger partial charge < -0.3 is 9.84 Å². The number of benzene rings is 1. The van der Waals surface area contributed by atoms with Crippen molar-refractivity contribution in [3.05, 3.63) is 34.9 Å². The number of aliphatic hydroxyl groups is 1. The topological polar surface area (TPSA) is 46.5 Å². The van der Waals surface area contributed by atoms with Gasteiger partial charge in [-0.2, -0.15) is 0 Å². The fourth-order valence-electron chi connectivity index (χ4n) is 2.04. The third kappa shape index (κ3) is 2.09. The summed E-state index contributed by atoms with van der Waals surface area (Å²) in [5, 5.41) is 8.72. The van der Waals surface area contributed by atoms with Crippen LogP contribution in [0.2, 0.25) is 0 Å². The van der Waals surface area contributed by atoms with E-state index in [-0.39, 0.29) is 18.7 Å². The maximum atomic E-state index is 11.6. The number of hydrogen-bond donors (Lipinski definition) is 1. The Morgan fingerprint density at radius 2 is 2.19 bits per heavy atom. The molecule has 0 fully saturated rings. The Balaban J connectivity index is 2.13. The van der Waals surface area contributed by atoms with Gasteiger partial charge >= 0.3 is 5.97 Å². The molecule has 0 amide bonds. The zero-order valence-electron chi connectivity index (χ0n) is 9.40. The number of rotatable bonds is 4. The maximum absolute atomic E-state index is 11.6. The second-order valence-electron chi connectivity index (χ2n) is 4.20. The number of aliphatic hydroxyl groups excluding tert-OH is 1. The van der Waals surface area contributed by atoms with Crippen LogP contribution in [0.3, 0.4) is 0 Å². The third-order valence-corrected chi connectivity index (χ3v) is 2.90. The van der Waals surface area contributed by atoms with Gasteiger partial charge in [0.15, 0.2) is 0 Å². The number of hydrogen-bond acceptors (Lipinski definition) is 3. The molecule has 16 heavy (non-hydrogen) atoms. The standard InChI is InChI=1S/C13H16O3/c1-9-5-6-10-11(8-9)13(15)16-12(10)4-2-3-7-14/h5-6,8,12,14H,2-4,7H2,1H3. The van der Waals surface area contributed by atoms with Crippen LogP contribution in [0.1, 0.15) is 46.9 Å². The average Bonchev–Trinajstić information content (AvgIpc) is 2.56. The first-order chi connectivity index (χ1) is 7.72. The van der Waals surface area contributed by atoms with Gasteiger partial charge in [-0.3, -0.25) is 0 Å². The van der Waals surface area contributed by atoms with Crippen LogP contribution in [0, 0.1) is 6.92 Å². The fourth-order valence-corrected chi connectivity index (χ4v) is 2.04. The molecule has 0 saturated heterocycles. The molecule has 3 heteroatoms. The number of esters is 1. The van der Waals surface area contributed by atoms with E-state index in [4.69, 9.17) is 9.84 Å². The average molecular weight is 220 g/mol. The maximum Gasteiger partial charge on any atom is 0.339 e. The van der Waals surface area contributed by atoms with Crippen molar-refractivity contribution in [1.29, 1.82) is 0 Å². The molecule has 1 N–H and O–H groups in total. The molecule has 0 radical (unpaired) electrons. The Morgan fingerprint density at radius 1 is 1.38 bits per heavy atom. The molecule has 1 aromatic rings. The zero-order chi connectivity index (χ0) is 11.5. The lowest BCUT2D eigenvalue weighted by atomic mass is 9.99. The number of cyclic esters (lactones) is 1. The minimum absolute atomic E-state index is 0.116. The van der Waals surface area contributed by atoms with Crippen LogP contribution in [0.4, 0.5) is 0 Å². The molecular formula is C13H16O3. The molecule has 86 valence electrons. The van der Waals surface area contributed by atoms with Crippen LogP contribution in [-0.4, -0.2) is 17.7 Å². The zero-order valence-corrected chi connectivity index (χ0v) is 9.40. The number of aryl methyl sites for hydroxylation is 1. The van der Waals surface area contributed by atoms with Crippen molar-refractivity contribution in [3.8, 4) is 0 Å². The molecule has 0 bridgehead atoms. The highest BCUT2D eigenvalue weighted by Crippen LogP contribution is 2.34. The summed E-state index contributed by atoms with van der Waals surface area (Å²) in [5.74, 6) is -0.215. The van der Waals surface area contributed by atoms with Crippen molar-refractivity contribution in [1.82, 2.24) is 0 Å². The van der Waals surface area contributed by atoms with Crippen LogP contribution < -0.4 is 0 Å². The second-order valence-corrected chi connectivity index (χ2v) is 4.20. The molecule has 1 heterocycles. The molecule has 0 aliphatic carbocycles. The number of fused-ring (bicyclic) bond motifs is 1. The molecule has 1 aromatic carbocycles. The van der Waals surface area contributed by atoms with E-state index in [2.05, 4.69) is 0 Å². The van der Waals surface area contributed by atoms with Gasteiger partial charge in [0.2, 0.25) is 0 Å². The van der Waals surface area contributed by atoms with Crippen molar-refractivity contribution in [2.24, 2.45) is 0 Å². The molecule has 1 aliphatic rings. The third-order valence-electron chi connectivity index (χ3n) is 2.90. The van der Waals surface area contributed by atoms with Crippen LogP contribution in [0.15, 0.2) is 18.2 Å². The first-order valence-electron chi connectivity index (χ1n) is 5.65. The van der Waals surface area contributed by atoms with E-state index in [1.807, 2.05) is 25.1 Å². The molecule has 2 rings (SSSR count). The lowest BCUT2D eigenvalue weighted by Crippen LogP contribution is -1.99.